The Morgan fingerprint density at radius 1 is 1.58 bits per heavy atom. The third kappa shape index (κ3) is 3.26. The Kier molecular flexibility index (Phi) is 4.04. The molecule has 100 valence electrons. The van der Waals surface area contributed by atoms with Crippen molar-refractivity contribution in [2.45, 2.75) is 13.5 Å². The van der Waals surface area contributed by atoms with Crippen molar-refractivity contribution in [2.24, 2.45) is 5.84 Å². The number of nitrogens with zero attached hydrogens (tertiary/aromatic N) is 4. The van der Waals surface area contributed by atoms with Crippen LogP contribution in [0.4, 0.5) is 0 Å². The van der Waals surface area contributed by atoms with Crippen LogP contribution in [-0.2, 0) is 6.54 Å². The molecule has 0 fully saturated rings. The number of hydrazine groups is 1. The summed E-state index contributed by atoms with van der Waals surface area (Å²) in [4.78, 5) is 15.3. The number of hydrogen-bond donors (Lipinski definition) is 2. The maximum atomic E-state index is 11.2. The van der Waals surface area contributed by atoms with Gasteiger partial charge >= 0.3 is 0 Å². The third-order valence-electron chi connectivity index (χ3n) is 2.44. The van der Waals surface area contributed by atoms with Crippen molar-refractivity contribution in [1.29, 1.82) is 0 Å². The number of carbonyl (C=O) groups excluding carboxylic acids is 1. The van der Waals surface area contributed by atoms with Crippen LogP contribution in [0.15, 0.2) is 24.5 Å². The van der Waals surface area contributed by atoms with E-state index in [0.29, 0.717) is 13.2 Å². The molecule has 0 saturated heterocycles. The van der Waals surface area contributed by atoms with Crippen LogP contribution in [-0.4, -0.2) is 32.5 Å². The molecule has 8 heteroatoms. The van der Waals surface area contributed by atoms with E-state index in [1.807, 2.05) is 24.5 Å². The van der Waals surface area contributed by atoms with Crippen LogP contribution >= 0.6 is 0 Å². The Labute approximate surface area is 109 Å². The van der Waals surface area contributed by atoms with Gasteiger partial charge in [-0.05, 0) is 19.1 Å². The highest BCUT2D eigenvalue weighted by atomic mass is 16.5. The SMILES string of the molecule is Cc1ncccc1OCCn1cc(C(=O)NN)nn1. The molecule has 3 N–H and O–H groups in total. The third-order valence-corrected chi connectivity index (χ3v) is 2.44. The van der Waals surface area contributed by atoms with Crippen LogP contribution in [0.2, 0.25) is 0 Å². The van der Waals surface area contributed by atoms with Crippen molar-refractivity contribution >= 4 is 5.91 Å². The summed E-state index contributed by atoms with van der Waals surface area (Å²) in [6, 6.07) is 3.65. The molecule has 0 aromatic carbocycles. The van der Waals surface area contributed by atoms with Gasteiger partial charge in [0.25, 0.3) is 5.91 Å². The normalized spacial score (nSPS) is 10.2. The van der Waals surface area contributed by atoms with E-state index in [0.717, 1.165) is 11.4 Å². The Balaban J connectivity index is 1.88. The van der Waals surface area contributed by atoms with Crippen LogP contribution in [0.5, 0.6) is 5.75 Å². The van der Waals surface area contributed by atoms with E-state index in [9.17, 15) is 4.79 Å². The van der Waals surface area contributed by atoms with E-state index in [1.165, 1.54) is 10.9 Å². The zero-order valence-corrected chi connectivity index (χ0v) is 10.4. The van der Waals surface area contributed by atoms with Crippen molar-refractivity contribution in [2.75, 3.05) is 6.61 Å². The quantitative estimate of drug-likeness (QED) is 0.434. The molecule has 0 aliphatic carbocycles. The summed E-state index contributed by atoms with van der Waals surface area (Å²) in [6.07, 6.45) is 3.21. The number of nitrogens with one attached hydrogen (secondary N) is 1. The second kappa shape index (κ2) is 5.91. The second-order valence-corrected chi connectivity index (χ2v) is 3.78. The number of pyridine rings is 1. The predicted molar refractivity (Wildman–Crippen MR) is 66.1 cm³/mol. The number of rotatable bonds is 5. The molecule has 2 aromatic heterocycles. The van der Waals surface area contributed by atoms with E-state index >= 15 is 0 Å². The van der Waals surface area contributed by atoms with Gasteiger partial charge in [-0.2, -0.15) is 0 Å². The summed E-state index contributed by atoms with van der Waals surface area (Å²) >= 11 is 0. The van der Waals surface area contributed by atoms with Gasteiger partial charge in [0, 0.05) is 6.20 Å². The van der Waals surface area contributed by atoms with E-state index < -0.39 is 5.91 Å². The van der Waals surface area contributed by atoms with Gasteiger partial charge in [-0.25, -0.2) is 10.5 Å². The predicted octanol–water partition coefficient (Wildman–Crippen LogP) is -0.336. The highest BCUT2D eigenvalue weighted by molar-refractivity contribution is 5.91. The van der Waals surface area contributed by atoms with Crippen LogP contribution < -0.4 is 16.0 Å². The molecule has 1 amide bonds. The molecule has 2 rings (SSSR count). The van der Waals surface area contributed by atoms with Crippen molar-refractivity contribution in [3.05, 3.63) is 35.9 Å². The number of aromatic nitrogens is 4. The van der Waals surface area contributed by atoms with Crippen LogP contribution in [0, 0.1) is 6.92 Å². The van der Waals surface area contributed by atoms with Gasteiger partial charge in [-0.3, -0.25) is 15.2 Å². The summed E-state index contributed by atoms with van der Waals surface area (Å²) in [5.41, 5.74) is 2.98. The summed E-state index contributed by atoms with van der Waals surface area (Å²) in [5.74, 6) is 5.25. The van der Waals surface area contributed by atoms with E-state index in [-0.39, 0.29) is 5.69 Å². The van der Waals surface area contributed by atoms with E-state index in [2.05, 4.69) is 15.3 Å². The Bertz CT molecular complexity index is 568. The van der Waals surface area contributed by atoms with Gasteiger partial charge in [-0.15, -0.1) is 5.10 Å². The molecule has 19 heavy (non-hydrogen) atoms. The Morgan fingerprint density at radius 2 is 2.42 bits per heavy atom. The van der Waals surface area contributed by atoms with Gasteiger partial charge in [0.1, 0.15) is 12.4 Å². The average molecular weight is 262 g/mol. The molecule has 0 aliphatic heterocycles. The molecular weight excluding hydrogens is 248 g/mol. The molecular formula is C11H14N6O2. The first-order valence-corrected chi connectivity index (χ1v) is 5.66. The fourth-order valence-corrected chi connectivity index (χ4v) is 1.46. The minimum atomic E-state index is -0.477. The van der Waals surface area contributed by atoms with Gasteiger partial charge in [0.05, 0.1) is 18.4 Å². The van der Waals surface area contributed by atoms with E-state index in [4.69, 9.17) is 10.6 Å². The largest absolute Gasteiger partial charge is 0.490 e. The fourth-order valence-electron chi connectivity index (χ4n) is 1.46. The first kappa shape index (κ1) is 13.0. The Hall–Kier alpha value is -2.48. The first-order chi connectivity index (χ1) is 9.20. The number of amides is 1. The topological polar surface area (TPSA) is 108 Å². The highest BCUT2D eigenvalue weighted by Crippen LogP contribution is 2.13. The van der Waals surface area contributed by atoms with Crippen molar-refractivity contribution in [3.63, 3.8) is 0 Å². The number of hydrogen-bond acceptors (Lipinski definition) is 6. The van der Waals surface area contributed by atoms with Crippen molar-refractivity contribution < 1.29 is 9.53 Å². The molecule has 0 saturated carbocycles. The maximum absolute atomic E-state index is 11.2. The zero-order valence-electron chi connectivity index (χ0n) is 10.4. The second-order valence-electron chi connectivity index (χ2n) is 3.78. The van der Waals surface area contributed by atoms with Gasteiger partial charge in [0.15, 0.2) is 5.69 Å². The van der Waals surface area contributed by atoms with Gasteiger partial charge in [0.2, 0.25) is 0 Å². The molecule has 2 aromatic rings. The molecule has 0 radical (unpaired) electrons. The molecule has 0 spiro atoms. The maximum Gasteiger partial charge on any atom is 0.287 e. The Morgan fingerprint density at radius 3 is 3.16 bits per heavy atom. The van der Waals surface area contributed by atoms with Crippen LogP contribution in [0.25, 0.3) is 0 Å². The standard InChI is InChI=1S/C11H14N6O2/c1-8-10(3-2-4-13-8)19-6-5-17-7-9(15-16-17)11(18)14-12/h2-4,7H,5-6,12H2,1H3,(H,14,18). The van der Waals surface area contributed by atoms with Crippen molar-refractivity contribution in [3.8, 4) is 5.75 Å². The first-order valence-electron chi connectivity index (χ1n) is 5.66. The molecule has 0 bridgehead atoms. The lowest BCUT2D eigenvalue weighted by molar-refractivity contribution is 0.0948. The minimum absolute atomic E-state index is 0.167. The van der Waals surface area contributed by atoms with E-state index in [1.54, 1.807) is 6.20 Å². The minimum Gasteiger partial charge on any atom is -0.490 e. The summed E-state index contributed by atoms with van der Waals surface area (Å²) in [6.45, 7) is 2.74. The molecule has 0 atom stereocenters. The molecule has 0 aliphatic rings. The number of carbonyl (C=O) groups is 1. The number of ether oxygens (including phenoxy) is 1. The molecule has 0 unspecified atom stereocenters. The molecule has 2 heterocycles. The van der Waals surface area contributed by atoms with Gasteiger partial charge in [-0.1, -0.05) is 5.21 Å². The fraction of sp³-hybridized carbons (Fsp3) is 0.273. The summed E-state index contributed by atoms with van der Waals surface area (Å²) in [7, 11) is 0. The molecule has 8 nitrogen and oxygen atoms in total. The smallest absolute Gasteiger partial charge is 0.287 e. The number of nitrogens with two attached hydrogens (primary N) is 1. The number of aryl methyl sites for hydroxylation is 1. The van der Waals surface area contributed by atoms with Gasteiger partial charge < -0.3 is 4.74 Å². The average Bonchev–Trinajstić information content (AvgIpc) is 2.89. The number of nitrogen functional groups attached to an aromatic ring is 1. The lowest BCUT2D eigenvalue weighted by Gasteiger charge is -2.07. The summed E-state index contributed by atoms with van der Waals surface area (Å²) < 4.78 is 7.07. The monoisotopic (exact) mass is 262 g/mol. The van der Waals surface area contributed by atoms with Crippen molar-refractivity contribution in [1.82, 2.24) is 25.4 Å². The van der Waals surface area contributed by atoms with Crippen LogP contribution in [0.1, 0.15) is 16.2 Å². The lowest BCUT2D eigenvalue weighted by Crippen LogP contribution is -2.30. The van der Waals surface area contributed by atoms with Crippen LogP contribution in [0.3, 0.4) is 0 Å². The lowest BCUT2D eigenvalue weighted by atomic mass is 10.3. The zero-order chi connectivity index (χ0) is 13.7. The summed E-state index contributed by atoms with van der Waals surface area (Å²) in [5, 5.41) is 7.48. The highest BCUT2D eigenvalue weighted by Gasteiger charge is 2.08.